The van der Waals surface area contributed by atoms with E-state index in [-0.39, 0.29) is 11.4 Å². The summed E-state index contributed by atoms with van der Waals surface area (Å²) in [7, 11) is 0. The number of nitriles is 1. The van der Waals surface area contributed by atoms with Gasteiger partial charge >= 0.3 is 6.18 Å². The van der Waals surface area contributed by atoms with Crippen LogP contribution in [0.4, 0.5) is 19.0 Å². The Labute approximate surface area is 223 Å². The van der Waals surface area contributed by atoms with E-state index in [0.29, 0.717) is 67.2 Å². The second-order valence-corrected chi connectivity index (χ2v) is 9.23. The minimum absolute atomic E-state index is 0.0928. The number of rotatable bonds is 6. The number of nitrogens with one attached hydrogen (secondary N) is 1. The van der Waals surface area contributed by atoms with Crippen LogP contribution in [-0.4, -0.2) is 64.9 Å². The molecule has 2 aromatic heterocycles. The molecular weight excluding hydrogens is 505 g/mol. The number of benzene rings is 2. The van der Waals surface area contributed by atoms with Gasteiger partial charge in [0.05, 0.1) is 17.1 Å². The van der Waals surface area contributed by atoms with Crippen LogP contribution >= 0.6 is 0 Å². The van der Waals surface area contributed by atoms with Crippen molar-refractivity contribution in [3.05, 3.63) is 89.7 Å². The number of pyridine rings is 2. The van der Waals surface area contributed by atoms with E-state index in [1.54, 1.807) is 35.4 Å². The number of hydrogen-bond donors (Lipinski definition) is 1. The topological polar surface area (TPSA) is 85.2 Å². The highest BCUT2D eigenvalue weighted by Gasteiger charge is 2.33. The van der Waals surface area contributed by atoms with Gasteiger partial charge in [0, 0.05) is 62.0 Å². The summed E-state index contributed by atoms with van der Waals surface area (Å²) >= 11 is 0. The van der Waals surface area contributed by atoms with Gasteiger partial charge in [-0.05, 0) is 35.9 Å². The van der Waals surface area contributed by atoms with E-state index in [1.807, 2.05) is 30.3 Å². The number of amides is 1. The molecule has 1 aliphatic rings. The maximum Gasteiger partial charge on any atom is 0.433 e. The van der Waals surface area contributed by atoms with E-state index < -0.39 is 11.9 Å². The largest absolute Gasteiger partial charge is 0.433 e. The molecule has 7 nitrogen and oxygen atoms in total. The number of aromatic nitrogens is 2. The van der Waals surface area contributed by atoms with Gasteiger partial charge in [-0.1, -0.05) is 36.4 Å². The molecule has 0 spiro atoms. The maximum atomic E-state index is 13.4. The zero-order valence-corrected chi connectivity index (χ0v) is 20.9. The van der Waals surface area contributed by atoms with Crippen LogP contribution in [0.15, 0.2) is 72.9 Å². The fourth-order valence-corrected chi connectivity index (χ4v) is 4.65. The maximum absolute atomic E-state index is 13.4. The lowest BCUT2D eigenvalue weighted by atomic mass is 10.0. The molecule has 1 saturated heterocycles. The highest BCUT2D eigenvalue weighted by atomic mass is 19.4. The van der Waals surface area contributed by atoms with Gasteiger partial charge < -0.3 is 10.2 Å². The first-order chi connectivity index (χ1) is 18.8. The molecular formula is C29H25F3N6O. The number of anilines is 1. The van der Waals surface area contributed by atoms with Crippen molar-refractivity contribution < 1.29 is 18.0 Å². The second kappa shape index (κ2) is 11.1. The molecule has 4 aromatic rings. The first-order valence-electron chi connectivity index (χ1n) is 12.5. The minimum Gasteiger partial charge on any atom is -0.368 e. The molecule has 1 N–H and O–H groups in total. The summed E-state index contributed by atoms with van der Waals surface area (Å²) in [6.07, 6.45) is -3.00. The van der Waals surface area contributed by atoms with Crippen LogP contribution in [0.3, 0.4) is 0 Å². The SMILES string of the molecule is N#Cc1cccc(C(=O)N2CCN(CCNc3ncc(-c4ccccc4)c4nc(C(F)(F)F)ccc34)CC2)c1. The number of nitrogens with zero attached hydrogens (tertiary/aromatic N) is 5. The van der Waals surface area contributed by atoms with Gasteiger partial charge in [0.25, 0.3) is 5.91 Å². The molecule has 0 saturated carbocycles. The van der Waals surface area contributed by atoms with E-state index in [2.05, 4.69) is 26.3 Å². The van der Waals surface area contributed by atoms with Crippen molar-refractivity contribution in [2.24, 2.45) is 0 Å². The van der Waals surface area contributed by atoms with Crippen molar-refractivity contribution in [2.45, 2.75) is 6.18 Å². The van der Waals surface area contributed by atoms with Gasteiger partial charge in [-0.25, -0.2) is 9.97 Å². The van der Waals surface area contributed by atoms with Crippen LogP contribution in [0.5, 0.6) is 0 Å². The minimum atomic E-state index is -4.55. The summed E-state index contributed by atoms with van der Waals surface area (Å²) in [5, 5.41) is 12.9. The van der Waals surface area contributed by atoms with Gasteiger partial charge in [0.15, 0.2) is 0 Å². The summed E-state index contributed by atoms with van der Waals surface area (Å²) in [4.78, 5) is 25.3. The van der Waals surface area contributed by atoms with Crippen LogP contribution in [0.2, 0.25) is 0 Å². The average molecular weight is 531 g/mol. The third-order valence-electron chi connectivity index (χ3n) is 6.72. The van der Waals surface area contributed by atoms with Crippen LogP contribution in [0, 0.1) is 11.3 Å². The number of hydrogen-bond acceptors (Lipinski definition) is 6. The second-order valence-electron chi connectivity index (χ2n) is 9.23. The molecule has 10 heteroatoms. The molecule has 0 radical (unpaired) electrons. The van der Waals surface area contributed by atoms with Crippen LogP contribution < -0.4 is 5.32 Å². The standard InChI is InChI=1S/C29H25F3N6O/c30-29(31,32)25-10-9-23-26(36-25)24(21-6-2-1-3-7-21)19-35-27(23)34-11-12-37-13-15-38(16-14-37)28(39)22-8-4-5-20(17-22)18-33/h1-10,17,19H,11-16H2,(H,34,35). The van der Waals surface area contributed by atoms with Gasteiger partial charge in [-0.2, -0.15) is 18.4 Å². The Balaban J connectivity index is 1.25. The number of halogens is 3. The van der Waals surface area contributed by atoms with Gasteiger partial charge in [0.2, 0.25) is 0 Å². The van der Waals surface area contributed by atoms with E-state index >= 15 is 0 Å². The Kier molecular flexibility index (Phi) is 7.43. The molecule has 2 aromatic carbocycles. The Morgan fingerprint density at radius 2 is 1.77 bits per heavy atom. The highest BCUT2D eigenvalue weighted by Crippen LogP contribution is 2.34. The number of piperazine rings is 1. The van der Waals surface area contributed by atoms with Crippen molar-refractivity contribution in [3.63, 3.8) is 0 Å². The lowest BCUT2D eigenvalue weighted by molar-refractivity contribution is -0.140. The number of alkyl halides is 3. The molecule has 0 unspecified atom stereocenters. The van der Waals surface area contributed by atoms with Crippen molar-refractivity contribution >= 4 is 22.6 Å². The summed E-state index contributed by atoms with van der Waals surface area (Å²) < 4.78 is 40.3. The van der Waals surface area contributed by atoms with Crippen LogP contribution in [0.1, 0.15) is 21.6 Å². The Bertz CT molecular complexity index is 1530. The molecule has 1 fully saturated rings. The summed E-state index contributed by atoms with van der Waals surface area (Å²) in [5.74, 6) is 0.377. The van der Waals surface area contributed by atoms with E-state index in [9.17, 15) is 18.0 Å². The van der Waals surface area contributed by atoms with Gasteiger partial charge in [-0.3, -0.25) is 9.69 Å². The summed E-state index contributed by atoms with van der Waals surface area (Å²) in [5.41, 5.74) is 1.51. The smallest absolute Gasteiger partial charge is 0.368 e. The van der Waals surface area contributed by atoms with E-state index in [4.69, 9.17) is 5.26 Å². The molecule has 3 heterocycles. The predicted molar refractivity (Wildman–Crippen MR) is 142 cm³/mol. The number of carbonyl (C=O) groups excluding carboxylic acids is 1. The molecule has 198 valence electrons. The fourth-order valence-electron chi connectivity index (χ4n) is 4.65. The molecule has 0 bridgehead atoms. The van der Waals surface area contributed by atoms with E-state index in [0.717, 1.165) is 11.6 Å². The Morgan fingerprint density at radius 1 is 1.00 bits per heavy atom. The first kappa shape index (κ1) is 26.1. The zero-order chi connectivity index (χ0) is 27.4. The Morgan fingerprint density at radius 3 is 2.49 bits per heavy atom. The predicted octanol–water partition coefficient (Wildman–Crippen LogP) is 5.06. The van der Waals surface area contributed by atoms with Crippen molar-refractivity contribution in [2.75, 3.05) is 44.6 Å². The fraction of sp³-hybridized carbons (Fsp3) is 0.241. The zero-order valence-electron chi connectivity index (χ0n) is 20.9. The molecule has 39 heavy (non-hydrogen) atoms. The van der Waals surface area contributed by atoms with Gasteiger partial charge in [-0.15, -0.1) is 0 Å². The van der Waals surface area contributed by atoms with Gasteiger partial charge in [0.1, 0.15) is 11.5 Å². The summed E-state index contributed by atoms with van der Waals surface area (Å²) in [6, 6.07) is 20.2. The molecule has 1 aliphatic heterocycles. The van der Waals surface area contributed by atoms with Crippen molar-refractivity contribution in [1.29, 1.82) is 5.26 Å². The lowest BCUT2D eigenvalue weighted by Gasteiger charge is -2.34. The normalized spacial score (nSPS) is 14.3. The summed E-state index contributed by atoms with van der Waals surface area (Å²) in [6.45, 7) is 3.68. The molecule has 5 rings (SSSR count). The third-order valence-corrected chi connectivity index (χ3v) is 6.72. The van der Waals surface area contributed by atoms with Crippen LogP contribution in [0.25, 0.3) is 22.0 Å². The van der Waals surface area contributed by atoms with Crippen molar-refractivity contribution in [3.8, 4) is 17.2 Å². The molecule has 0 aliphatic carbocycles. The average Bonchev–Trinajstić information content (AvgIpc) is 2.97. The number of fused-ring (bicyclic) bond motifs is 1. The first-order valence-corrected chi connectivity index (χ1v) is 12.5. The molecule has 0 atom stereocenters. The van der Waals surface area contributed by atoms with Crippen molar-refractivity contribution in [1.82, 2.24) is 19.8 Å². The highest BCUT2D eigenvalue weighted by molar-refractivity contribution is 5.99. The third kappa shape index (κ3) is 5.84. The van der Waals surface area contributed by atoms with E-state index in [1.165, 1.54) is 6.07 Å². The quantitative estimate of drug-likeness (QED) is 0.375. The van der Waals surface area contributed by atoms with Crippen LogP contribution in [-0.2, 0) is 6.18 Å². The molecule has 1 amide bonds. The number of carbonyl (C=O) groups is 1. The monoisotopic (exact) mass is 530 g/mol. The lowest BCUT2D eigenvalue weighted by Crippen LogP contribution is -2.49. The Hall–Kier alpha value is -4.49.